The molecular formula is C23H22ClNO5S. The van der Waals surface area contributed by atoms with Crippen LogP contribution in [0.1, 0.15) is 22.5 Å². The molecule has 0 spiro atoms. The van der Waals surface area contributed by atoms with Gasteiger partial charge in [-0.1, -0.05) is 35.9 Å². The number of benzene rings is 2. The number of hydrogen-bond donors (Lipinski definition) is 0. The quantitative estimate of drug-likeness (QED) is 0.544. The van der Waals surface area contributed by atoms with E-state index in [4.69, 9.17) is 20.8 Å². The summed E-state index contributed by atoms with van der Waals surface area (Å²) in [7, 11) is -1.68. The highest BCUT2D eigenvalue weighted by molar-refractivity contribution is 7.91. The Morgan fingerprint density at radius 3 is 2.68 bits per heavy atom. The van der Waals surface area contributed by atoms with Crippen molar-refractivity contribution in [3.05, 3.63) is 77.0 Å². The summed E-state index contributed by atoms with van der Waals surface area (Å²) in [5.41, 5.74) is 1.21. The van der Waals surface area contributed by atoms with Crippen LogP contribution in [-0.4, -0.2) is 43.9 Å². The van der Waals surface area contributed by atoms with Crippen molar-refractivity contribution in [1.82, 2.24) is 4.90 Å². The maximum atomic E-state index is 13.4. The fourth-order valence-corrected chi connectivity index (χ4v) is 5.71. The lowest BCUT2D eigenvalue weighted by molar-refractivity contribution is 0.0663. The fraction of sp³-hybridized carbons (Fsp3) is 0.261. The van der Waals surface area contributed by atoms with Crippen LogP contribution in [0.4, 0.5) is 0 Å². The Labute approximate surface area is 186 Å². The lowest BCUT2D eigenvalue weighted by Gasteiger charge is -2.28. The molecule has 1 unspecified atom stereocenters. The van der Waals surface area contributed by atoms with E-state index in [0.29, 0.717) is 34.3 Å². The molecule has 2 heterocycles. The number of nitrogens with zero attached hydrogens (tertiary/aromatic N) is 1. The first-order chi connectivity index (χ1) is 14.9. The predicted molar refractivity (Wildman–Crippen MR) is 119 cm³/mol. The van der Waals surface area contributed by atoms with E-state index in [1.165, 1.54) is 7.11 Å². The van der Waals surface area contributed by atoms with E-state index in [9.17, 15) is 13.2 Å². The highest BCUT2D eigenvalue weighted by Crippen LogP contribution is 2.29. The number of methoxy groups -OCH3 is 1. The second-order valence-corrected chi connectivity index (χ2v) is 10.1. The van der Waals surface area contributed by atoms with Gasteiger partial charge < -0.3 is 14.1 Å². The van der Waals surface area contributed by atoms with Gasteiger partial charge in [-0.05, 0) is 42.8 Å². The zero-order valence-corrected chi connectivity index (χ0v) is 18.5. The van der Waals surface area contributed by atoms with Crippen molar-refractivity contribution in [3.63, 3.8) is 0 Å². The summed E-state index contributed by atoms with van der Waals surface area (Å²) < 4.78 is 35.5. The normalized spacial score (nSPS) is 17.4. The monoisotopic (exact) mass is 459 g/mol. The van der Waals surface area contributed by atoms with E-state index >= 15 is 0 Å². The molecule has 1 fully saturated rings. The van der Waals surface area contributed by atoms with Crippen molar-refractivity contribution in [2.45, 2.75) is 19.0 Å². The minimum Gasteiger partial charge on any atom is -0.496 e. The number of halogens is 1. The Morgan fingerprint density at radius 2 is 1.97 bits per heavy atom. The summed E-state index contributed by atoms with van der Waals surface area (Å²) in [4.78, 5) is 15.0. The zero-order chi connectivity index (χ0) is 22.0. The molecule has 162 valence electrons. The molecule has 31 heavy (non-hydrogen) atoms. The number of furan rings is 1. The van der Waals surface area contributed by atoms with Crippen molar-refractivity contribution in [2.75, 3.05) is 18.6 Å². The third-order valence-corrected chi connectivity index (χ3v) is 7.33. The van der Waals surface area contributed by atoms with Gasteiger partial charge in [0, 0.05) is 16.6 Å². The SMILES string of the molecule is COc1ccccc1C(=O)N(Cc1ccc(-c2cccc(Cl)c2)o1)C1CCS(=O)(=O)C1. The molecule has 1 atom stereocenters. The molecule has 6 nitrogen and oxygen atoms in total. The molecule has 1 amide bonds. The molecular weight excluding hydrogens is 438 g/mol. The number of rotatable bonds is 6. The third-order valence-electron chi connectivity index (χ3n) is 5.34. The lowest BCUT2D eigenvalue weighted by Crippen LogP contribution is -2.40. The average Bonchev–Trinajstić information content (AvgIpc) is 3.37. The molecule has 1 aliphatic heterocycles. The van der Waals surface area contributed by atoms with Crippen LogP contribution in [0.5, 0.6) is 5.75 Å². The average molecular weight is 460 g/mol. The zero-order valence-electron chi connectivity index (χ0n) is 17.0. The summed E-state index contributed by atoms with van der Waals surface area (Å²) in [6.07, 6.45) is 0.394. The predicted octanol–water partition coefficient (Wildman–Crippen LogP) is 4.44. The minimum atomic E-state index is -3.18. The Balaban J connectivity index is 1.65. The van der Waals surface area contributed by atoms with E-state index in [-0.39, 0.29) is 24.0 Å². The number of para-hydroxylation sites is 1. The molecule has 8 heteroatoms. The summed E-state index contributed by atoms with van der Waals surface area (Å²) >= 11 is 6.07. The van der Waals surface area contributed by atoms with Crippen molar-refractivity contribution in [1.29, 1.82) is 0 Å². The Morgan fingerprint density at radius 1 is 1.16 bits per heavy atom. The smallest absolute Gasteiger partial charge is 0.258 e. The van der Waals surface area contributed by atoms with E-state index in [0.717, 1.165) is 5.56 Å². The third kappa shape index (κ3) is 4.78. The fourth-order valence-electron chi connectivity index (χ4n) is 3.79. The van der Waals surface area contributed by atoms with Gasteiger partial charge in [0.05, 0.1) is 30.7 Å². The first kappa shape index (κ1) is 21.5. The maximum Gasteiger partial charge on any atom is 0.258 e. The summed E-state index contributed by atoms with van der Waals surface area (Å²) in [5, 5.41) is 0.597. The summed E-state index contributed by atoms with van der Waals surface area (Å²) in [6.45, 7) is 0.150. The van der Waals surface area contributed by atoms with Crippen LogP contribution < -0.4 is 4.74 Å². The van der Waals surface area contributed by atoms with Gasteiger partial charge in [-0.3, -0.25) is 4.79 Å². The summed E-state index contributed by atoms with van der Waals surface area (Å²) in [6, 6.07) is 17.4. The molecule has 1 aromatic heterocycles. The maximum absolute atomic E-state index is 13.4. The second-order valence-electron chi connectivity index (χ2n) is 7.47. The highest BCUT2D eigenvalue weighted by atomic mass is 35.5. The van der Waals surface area contributed by atoms with Gasteiger partial charge in [0.25, 0.3) is 5.91 Å². The van der Waals surface area contributed by atoms with E-state index in [2.05, 4.69) is 0 Å². The van der Waals surface area contributed by atoms with Crippen LogP contribution in [0, 0.1) is 0 Å². The first-order valence-corrected chi connectivity index (χ1v) is 12.1. The van der Waals surface area contributed by atoms with Gasteiger partial charge >= 0.3 is 0 Å². The van der Waals surface area contributed by atoms with Crippen LogP contribution in [0.3, 0.4) is 0 Å². The largest absolute Gasteiger partial charge is 0.496 e. The molecule has 1 aliphatic rings. The van der Waals surface area contributed by atoms with Crippen molar-refractivity contribution >= 4 is 27.3 Å². The van der Waals surface area contributed by atoms with Gasteiger partial charge in [0.15, 0.2) is 9.84 Å². The Kier molecular flexibility index (Phi) is 6.07. The standard InChI is InChI=1S/C23H22ClNO5S/c1-29-22-8-3-2-7-20(22)23(26)25(18-11-12-31(27,28)15-18)14-19-9-10-21(30-19)16-5-4-6-17(24)13-16/h2-10,13,18H,11-12,14-15H2,1H3. The van der Waals surface area contributed by atoms with Crippen molar-refractivity contribution < 1.29 is 22.4 Å². The van der Waals surface area contributed by atoms with Gasteiger partial charge in [-0.25, -0.2) is 8.42 Å². The topological polar surface area (TPSA) is 76.8 Å². The number of carbonyl (C=O) groups is 1. The lowest BCUT2D eigenvalue weighted by atomic mass is 10.1. The minimum absolute atomic E-state index is 0.0598. The number of carbonyl (C=O) groups excluding carboxylic acids is 1. The van der Waals surface area contributed by atoms with E-state index in [1.807, 2.05) is 18.2 Å². The number of ether oxygens (including phenoxy) is 1. The van der Waals surface area contributed by atoms with Gasteiger partial charge in [0.1, 0.15) is 17.3 Å². The molecule has 0 radical (unpaired) electrons. The second kappa shape index (κ2) is 8.77. The van der Waals surface area contributed by atoms with Crippen LogP contribution in [-0.2, 0) is 16.4 Å². The van der Waals surface area contributed by atoms with Crippen molar-refractivity contribution in [2.24, 2.45) is 0 Å². The number of hydrogen-bond acceptors (Lipinski definition) is 5. The first-order valence-electron chi connectivity index (χ1n) is 9.85. The highest BCUT2D eigenvalue weighted by Gasteiger charge is 2.36. The van der Waals surface area contributed by atoms with Crippen LogP contribution >= 0.6 is 11.6 Å². The van der Waals surface area contributed by atoms with Gasteiger partial charge in [0.2, 0.25) is 0 Å². The molecule has 3 aromatic rings. The molecule has 0 N–H and O–H groups in total. The Bertz CT molecular complexity index is 1200. The number of sulfone groups is 1. The van der Waals surface area contributed by atoms with Gasteiger partial charge in [-0.15, -0.1) is 0 Å². The molecule has 2 aromatic carbocycles. The van der Waals surface area contributed by atoms with E-state index in [1.54, 1.807) is 47.4 Å². The molecule has 4 rings (SSSR count). The molecule has 1 saturated heterocycles. The summed E-state index contributed by atoms with van der Waals surface area (Å²) in [5.74, 6) is 1.34. The van der Waals surface area contributed by atoms with Crippen LogP contribution in [0.25, 0.3) is 11.3 Å². The Hall–Kier alpha value is -2.77. The molecule has 0 bridgehead atoms. The van der Waals surface area contributed by atoms with Gasteiger partial charge in [-0.2, -0.15) is 0 Å². The van der Waals surface area contributed by atoms with Crippen molar-refractivity contribution in [3.8, 4) is 17.1 Å². The van der Waals surface area contributed by atoms with E-state index < -0.39 is 15.9 Å². The van der Waals surface area contributed by atoms with Crippen LogP contribution in [0.2, 0.25) is 5.02 Å². The van der Waals surface area contributed by atoms with Crippen LogP contribution in [0.15, 0.2) is 65.1 Å². The molecule has 0 aliphatic carbocycles. The number of amides is 1. The molecule has 0 saturated carbocycles.